The van der Waals surface area contributed by atoms with Gasteiger partial charge in [0.1, 0.15) is 0 Å². The lowest BCUT2D eigenvalue weighted by molar-refractivity contribution is 0.246. The molecule has 0 N–H and O–H groups in total. The van der Waals surface area contributed by atoms with E-state index in [0.717, 1.165) is 52.2 Å². The molecular weight excluding hydrogens is 300 g/mol. The van der Waals surface area contributed by atoms with E-state index in [1.54, 1.807) is 6.26 Å². The fraction of sp³-hybridized carbons (Fsp3) is 0.400. The fourth-order valence-electron chi connectivity index (χ4n) is 2.99. The summed E-state index contributed by atoms with van der Waals surface area (Å²) in [5.74, 6) is 0. The summed E-state index contributed by atoms with van der Waals surface area (Å²) >= 11 is 0. The van der Waals surface area contributed by atoms with E-state index in [1.165, 1.54) is 0 Å². The average Bonchev–Trinajstić information content (AvgIpc) is 2.90. The zero-order chi connectivity index (χ0) is 17.3. The van der Waals surface area contributed by atoms with Crippen LogP contribution in [-0.4, -0.2) is 16.2 Å². The highest BCUT2D eigenvalue weighted by Gasteiger charge is 2.23. The standard InChI is InChI=1S/C20H24N2O2/c1-5-6-8-24-9-7-16-11-18-19-17(10-13(2)15(4)21-19)12-22(18)20(23)14(16)3/h7,9-11H,5-6,8,12H2,1-4H3/b9-7+. The zero-order valence-corrected chi connectivity index (χ0v) is 14.8. The molecule has 0 spiro atoms. The Balaban J connectivity index is 2.00. The third kappa shape index (κ3) is 2.88. The molecule has 0 aromatic carbocycles. The van der Waals surface area contributed by atoms with E-state index in [1.807, 2.05) is 30.6 Å². The van der Waals surface area contributed by atoms with Crippen LogP contribution in [0, 0.1) is 20.8 Å². The number of nitrogens with zero attached hydrogens (tertiary/aromatic N) is 2. The zero-order valence-electron chi connectivity index (χ0n) is 14.8. The molecule has 2 aromatic rings. The van der Waals surface area contributed by atoms with Gasteiger partial charge in [0.05, 0.1) is 30.8 Å². The number of aromatic nitrogens is 2. The fourth-order valence-corrected chi connectivity index (χ4v) is 2.99. The van der Waals surface area contributed by atoms with Gasteiger partial charge in [-0.2, -0.15) is 0 Å². The molecule has 4 heteroatoms. The minimum Gasteiger partial charge on any atom is -0.501 e. The monoisotopic (exact) mass is 324 g/mol. The molecule has 0 amide bonds. The van der Waals surface area contributed by atoms with Crippen LogP contribution in [0.2, 0.25) is 0 Å². The van der Waals surface area contributed by atoms with Gasteiger partial charge in [-0.15, -0.1) is 0 Å². The van der Waals surface area contributed by atoms with Crippen LogP contribution in [0.25, 0.3) is 17.5 Å². The van der Waals surface area contributed by atoms with Crippen molar-refractivity contribution in [1.29, 1.82) is 0 Å². The van der Waals surface area contributed by atoms with Crippen LogP contribution < -0.4 is 5.56 Å². The van der Waals surface area contributed by atoms with Crippen LogP contribution in [0.15, 0.2) is 23.2 Å². The Morgan fingerprint density at radius 1 is 1.29 bits per heavy atom. The summed E-state index contributed by atoms with van der Waals surface area (Å²) in [6.07, 6.45) is 5.71. The molecule has 0 bridgehead atoms. The summed E-state index contributed by atoms with van der Waals surface area (Å²) in [7, 11) is 0. The van der Waals surface area contributed by atoms with E-state index in [-0.39, 0.29) is 5.56 Å². The van der Waals surface area contributed by atoms with Crippen molar-refractivity contribution in [2.45, 2.75) is 47.1 Å². The Bertz CT molecular complexity index is 863. The Labute approximate surface area is 142 Å². The van der Waals surface area contributed by atoms with Crippen LogP contribution in [-0.2, 0) is 11.3 Å². The number of aryl methyl sites for hydroxylation is 2. The van der Waals surface area contributed by atoms with E-state index in [2.05, 4.69) is 19.9 Å². The topological polar surface area (TPSA) is 44.1 Å². The van der Waals surface area contributed by atoms with Crippen molar-refractivity contribution in [3.05, 3.63) is 56.7 Å². The normalized spacial score (nSPS) is 12.5. The smallest absolute Gasteiger partial charge is 0.254 e. The first kappa shape index (κ1) is 16.5. The number of hydrogen-bond donors (Lipinski definition) is 0. The first-order valence-electron chi connectivity index (χ1n) is 8.53. The van der Waals surface area contributed by atoms with Gasteiger partial charge in [-0.1, -0.05) is 19.4 Å². The van der Waals surface area contributed by atoms with Crippen LogP contribution >= 0.6 is 0 Å². The second kappa shape index (κ2) is 6.63. The molecule has 2 aromatic heterocycles. The van der Waals surface area contributed by atoms with Crippen LogP contribution in [0.4, 0.5) is 0 Å². The minimum atomic E-state index is 0.0500. The Morgan fingerprint density at radius 2 is 2.08 bits per heavy atom. The maximum absolute atomic E-state index is 12.7. The number of hydrogen-bond acceptors (Lipinski definition) is 3. The van der Waals surface area contributed by atoms with Gasteiger partial charge >= 0.3 is 0 Å². The van der Waals surface area contributed by atoms with Crippen molar-refractivity contribution in [2.75, 3.05) is 6.61 Å². The number of ether oxygens (including phenoxy) is 1. The first-order chi connectivity index (χ1) is 11.5. The highest BCUT2D eigenvalue weighted by atomic mass is 16.5. The van der Waals surface area contributed by atoms with Gasteiger partial charge in [-0.05, 0) is 50.5 Å². The van der Waals surface area contributed by atoms with Crippen LogP contribution in [0.3, 0.4) is 0 Å². The molecule has 4 nitrogen and oxygen atoms in total. The van der Waals surface area contributed by atoms with Crippen molar-refractivity contribution in [3.63, 3.8) is 0 Å². The quantitative estimate of drug-likeness (QED) is 0.526. The maximum atomic E-state index is 12.7. The van der Waals surface area contributed by atoms with Gasteiger partial charge in [0, 0.05) is 16.8 Å². The molecule has 1 aliphatic heterocycles. The molecule has 0 unspecified atom stereocenters. The Kier molecular flexibility index (Phi) is 4.56. The molecule has 0 saturated carbocycles. The largest absolute Gasteiger partial charge is 0.501 e. The summed E-state index contributed by atoms with van der Waals surface area (Å²) < 4.78 is 7.31. The average molecular weight is 324 g/mol. The molecule has 3 heterocycles. The molecule has 24 heavy (non-hydrogen) atoms. The summed E-state index contributed by atoms with van der Waals surface area (Å²) in [4.78, 5) is 17.4. The van der Waals surface area contributed by atoms with Crippen LogP contribution in [0.5, 0.6) is 0 Å². The van der Waals surface area contributed by atoms with Crippen molar-refractivity contribution in [1.82, 2.24) is 9.55 Å². The summed E-state index contributed by atoms with van der Waals surface area (Å²) in [6, 6.07) is 4.19. The summed E-state index contributed by atoms with van der Waals surface area (Å²) in [5, 5.41) is 0. The molecule has 126 valence electrons. The lowest BCUT2D eigenvalue weighted by atomic mass is 10.1. The molecule has 0 atom stereocenters. The first-order valence-corrected chi connectivity index (χ1v) is 8.53. The predicted octanol–water partition coefficient (Wildman–Crippen LogP) is 3.98. The number of fused-ring (bicyclic) bond motifs is 3. The van der Waals surface area contributed by atoms with Crippen molar-refractivity contribution >= 4 is 6.08 Å². The van der Waals surface area contributed by atoms with E-state index in [9.17, 15) is 4.79 Å². The van der Waals surface area contributed by atoms with Crippen molar-refractivity contribution in [2.24, 2.45) is 0 Å². The molecule has 0 fully saturated rings. The Morgan fingerprint density at radius 3 is 2.83 bits per heavy atom. The molecule has 0 saturated heterocycles. The third-order valence-electron chi connectivity index (χ3n) is 4.66. The molecule has 0 aliphatic carbocycles. The summed E-state index contributed by atoms with van der Waals surface area (Å²) in [5.41, 5.74) is 6.81. The Hall–Kier alpha value is -2.36. The SMILES string of the molecule is CCCCO/C=C/c1cc2n(c(=O)c1C)Cc1cc(C)c(C)nc1-2. The van der Waals surface area contributed by atoms with Gasteiger partial charge < -0.3 is 9.30 Å². The predicted molar refractivity (Wildman–Crippen MR) is 97.1 cm³/mol. The maximum Gasteiger partial charge on any atom is 0.254 e. The van der Waals surface area contributed by atoms with Crippen molar-refractivity contribution in [3.8, 4) is 11.4 Å². The number of unbranched alkanes of at least 4 members (excludes halogenated alkanes) is 1. The number of rotatable bonds is 5. The molecule has 1 aliphatic rings. The van der Waals surface area contributed by atoms with E-state index >= 15 is 0 Å². The van der Waals surface area contributed by atoms with Crippen molar-refractivity contribution < 1.29 is 4.74 Å². The van der Waals surface area contributed by atoms with E-state index in [0.29, 0.717) is 13.2 Å². The van der Waals surface area contributed by atoms with Crippen LogP contribution in [0.1, 0.15) is 47.7 Å². The molecular formula is C20H24N2O2. The van der Waals surface area contributed by atoms with Gasteiger partial charge in [0.15, 0.2) is 0 Å². The highest BCUT2D eigenvalue weighted by Crippen LogP contribution is 2.31. The molecule has 3 rings (SSSR count). The second-order valence-corrected chi connectivity index (χ2v) is 6.43. The van der Waals surface area contributed by atoms with Gasteiger partial charge in [0.25, 0.3) is 5.56 Å². The van der Waals surface area contributed by atoms with Gasteiger partial charge in [-0.3, -0.25) is 9.78 Å². The minimum absolute atomic E-state index is 0.0500. The lowest BCUT2D eigenvalue weighted by Gasteiger charge is -2.08. The van der Waals surface area contributed by atoms with E-state index in [4.69, 9.17) is 9.72 Å². The van der Waals surface area contributed by atoms with Gasteiger partial charge in [0.2, 0.25) is 0 Å². The third-order valence-corrected chi connectivity index (χ3v) is 4.66. The lowest BCUT2D eigenvalue weighted by Crippen LogP contribution is -2.22. The summed E-state index contributed by atoms with van der Waals surface area (Å²) in [6.45, 7) is 9.38. The number of pyridine rings is 2. The molecule has 0 radical (unpaired) electrons. The highest BCUT2D eigenvalue weighted by molar-refractivity contribution is 5.69. The van der Waals surface area contributed by atoms with Gasteiger partial charge in [-0.25, -0.2) is 0 Å². The van der Waals surface area contributed by atoms with E-state index < -0.39 is 0 Å². The second-order valence-electron chi connectivity index (χ2n) is 6.43.